The SMILES string of the molecule is Cc1cc(CSc2ncccc2C(=O)OCC(=O)Nc2ccc(OC(F)F)cc2)no1. The van der Waals surface area contributed by atoms with Crippen molar-refractivity contribution in [3.63, 3.8) is 0 Å². The monoisotopic (exact) mass is 449 g/mol. The third kappa shape index (κ3) is 6.78. The Morgan fingerprint density at radius 3 is 2.68 bits per heavy atom. The molecule has 0 aliphatic rings. The normalized spacial score (nSPS) is 10.7. The lowest BCUT2D eigenvalue weighted by molar-refractivity contribution is -0.119. The van der Waals surface area contributed by atoms with Gasteiger partial charge in [-0.2, -0.15) is 8.78 Å². The number of aromatic nitrogens is 2. The molecule has 31 heavy (non-hydrogen) atoms. The van der Waals surface area contributed by atoms with E-state index in [1.165, 1.54) is 36.0 Å². The first-order valence-electron chi connectivity index (χ1n) is 8.92. The number of nitrogens with zero attached hydrogens (tertiary/aromatic N) is 2. The molecule has 2 heterocycles. The van der Waals surface area contributed by atoms with E-state index >= 15 is 0 Å². The Morgan fingerprint density at radius 1 is 1.23 bits per heavy atom. The summed E-state index contributed by atoms with van der Waals surface area (Å²) >= 11 is 1.28. The number of amides is 1. The average molecular weight is 449 g/mol. The Labute approximate surface area is 179 Å². The highest BCUT2D eigenvalue weighted by Crippen LogP contribution is 2.24. The van der Waals surface area contributed by atoms with Gasteiger partial charge in [0.25, 0.3) is 5.91 Å². The van der Waals surface area contributed by atoms with E-state index in [1.807, 2.05) is 0 Å². The maximum Gasteiger partial charge on any atom is 0.387 e. The number of carbonyl (C=O) groups is 2. The molecule has 0 unspecified atom stereocenters. The van der Waals surface area contributed by atoms with Crippen molar-refractivity contribution in [3.05, 3.63) is 65.7 Å². The highest BCUT2D eigenvalue weighted by Gasteiger charge is 2.16. The third-order valence-electron chi connectivity index (χ3n) is 3.72. The molecule has 3 aromatic rings. The van der Waals surface area contributed by atoms with Crippen molar-refractivity contribution in [2.24, 2.45) is 0 Å². The Morgan fingerprint density at radius 2 is 2.00 bits per heavy atom. The van der Waals surface area contributed by atoms with Gasteiger partial charge in [0.1, 0.15) is 16.5 Å². The zero-order valence-electron chi connectivity index (χ0n) is 16.2. The number of esters is 1. The topological polar surface area (TPSA) is 104 Å². The van der Waals surface area contributed by atoms with E-state index in [0.29, 0.717) is 27.9 Å². The standard InChI is InChI=1S/C20H17F2N3O5S/c1-12-9-14(25-30-12)11-31-18-16(3-2-8-23-18)19(27)28-10-17(26)24-13-4-6-15(7-5-13)29-20(21)22/h2-9,20H,10-11H2,1H3,(H,24,26). The molecule has 0 bridgehead atoms. The van der Waals surface area contributed by atoms with Crippen LogP contribution >= 0.6 is 11.8 Å². The van der Waals surface area contributed by atoms with Crippen molar-refractivity contribution in [3.8, 4) is 5.75 Å². The first-order chi connectivity index (χ1) is 14.9. The highest BCUT2D eigenvalue weighted by atomic mass is 32.2. The first kappa shape index (κ1) is 22.2. The maximum atomic E-state index is 12.4. The fourth-order valence-corrected chi connectivity index (χ4v) is 3.28. The average Bonchev–Trinajstić information content (AvgIpc) is 3.17. The van der Waals surface area contributed by atoms with E-state index in [1.54, 1.807) is 31.3 Å². The number of benzene rings is 1. The third-order valence-corrected chi connectivity index (χ3v) is 4.76. The predicted molar refractivity (Wildman–Crippen MR) is 107 cm³/mol. The lowest BCUT2D eigenvalue weighted by Crippen LogP contribution is -2.21. The van der Waals surface area contributed by atoms with Crippen LogP contribution in [0.15, 0.2) is 58.2 Å². The van der Waals surface area contributed by atoms with Gasteiger partial charge in [0.05, 0.1) is 11.3 Å². The molecule has 0 aliphatic heterocycles. The van der Waals surface area contributed by atoms with Crippen LogP contribution in [0.1, 0.15) is 21.8 Å². The van der Waals surface area contributed by atoms with Crippen LogP contribution in [0, 0.1) is 6.92 Å². The van der Waals surface area contributed by atoms with Crippen molar-refractivity contribution in [1.82, 2.24) is 10.1 Å². The number of thioether (sulfide) groups is 1. The van der Waals surface area contributed by atoms with Crippen molar-refractivity contribution >= 4 is 29.3 Å². The number of aryl methyl sites for hydroxylation is 1. The van der Waals surface area contributed by atoms with Gasteiger partial charge in [0.15, 0.2) is 6.61 Å². The summed E-state index contributed by atoms with van der Waals surface area (Å²) in [5.41, 5.74) is 1.26. The zero-order valence-corrected chi connectivity index (χ0v) is 17.0. The van der Waals surface area contributed by atoms with Gasteiger partial charge in [0, 0.05) is 23.7 Å². The molecule has 0 atom stereocenters. The van der Waals surface area contributed by atoms with Crippen LogP contribution in [0.4, 0.5) is 14.5 Å². The molecular formula is C20H17F2N3O5S. The summed E-state index contributed by atoms with van der Waals surface area (Å²) in [7, 11) is 0. The second-order valence-electron chi connectivity index (χ2n) is 6.10. The van der Waals surface area contributed by atoms with Crippen molar-refractivity contribution in [2.75, 3.05) is 11.9 Å². The Balaban J connectivity index is 1.52. The van der Waals surface area contributed by atoms with Crippen LogP contribution in [0.2, 0.25) is 0 Å². The number of carbonyl (C=O) groups excluding carboxylic acids is 2. The van der Waals surface area contributed by atoms with Crippen LogP contribution in [0.3, 0.4) is 0 Å². The first-order valence-corrected chi connectivity index (χ1v) is 9.91. The largest absolute Gasteiger partial charge is 0.452 e. The molecule has 1 aromatic carbocycles. The van der Waals surface area contributed by atoms with Gasteiger partial charge in [-0.05, 0) is 43.3 Å². The summed E-state index contributed by atoms with van der Waals surface area (Å²) in [5, 5.41) is 6.81. The summed E-state index contributed by atoms with van der Waals surface area (Å²) in [5.74, 6) is -0.213. The number of hydrogen-bond acceptors (Lipinski definition) is 8. The number of anilines is 1. The molecule has 0 radical (unpaired) electrons. The summed E-state index contributed by atoms with van der Waals surface area (Å²) < 4.78 is 38.6. The zero-order chi connectivity index (χ0) is 22.2. The predicted octanol–water partition coefficient (Wildman–Crippen LogP) is 4.07. The number of rotatable bonds is 9. The molecule has 0 saturated heterocycles. The summed E-state index contributed by atoms with van der Waals surface area (Å²) in [4.78, 5) is 28.6. The van der Waals surface area contributed by atoms with Crippen molar-refractivity contribution < 1.29 is 32.4 Å². The van der Waals surface area contributed by atoms with E-state index < -0.39 is 25.1 Å². The quantitative estimate of drug-likeness (QED) is 0.385. The maximum absolute atomic E-state index is 12.4. The minimum atomic E-state index is -2.93. The summed E-state index contributed by atoms with van der Waals surface area (Å²) in [6.07, 6.45) is 1.54. The smallest absolute Gasteiger partial charge is 0.387 e. The van der Waals surface area contributed by atoms with E-state index in [9.17, 15) is 18.4 Å². The molecule has 162 valence electrons. The lowest BCUT2D eigenvalue weighted by atomic mass is 10.3. The van der Waals surface area contributed by atoms with Gasteiger partial charge < -0.3 is 19.3 Å². The summed E-state index contributed by atoms with van der Waals surface area (Å²) in [6.45, 7) is -1.69. The second kappa shape index (κ2) is 10.5. The van der Waals surface area contributed by atoms with Gasteiger partial charge >= 0.3 is 12.6 Å². The fourth-order valence-electron chi connectivity index (χ4n) is 2.42. The Kier molecular flexibility index (Phi) is 7.55. The van der Waals surface area contributed by atoms with E-state index in [-0.39, 0.29) is 11.3 Å². The lowest BCUT2D eigenvalue weighted by Gasteiger charge is -2.09. The second-order valence-corrected chi connectivity index (χ2v) is 7.06. The number of hydrogen-bond donors (Lipinski definition) is 1. The van der Waals surface area contributed by atoms with Gasteiger partial charge in [-0.15, -0.1) is 0 Å². The fraction of sp³-hybridized carbons (Fsp3) is 0.200. The molecule has 1 N–H and O–H groups in total. The van der Waals surface area contributed by atoms with Crippen LogP contribution in [-0.4, -0.2) is 35.2 Å². The van der Waals surface area contributed by atoms with E-state index in [0.717, 1.165) is 0 Å². The number of pyridine rings is 1. The van der Waals surface area contributed by atoms with E-state index in [4.69, 9.17) is 9.26 Å². The van der Waals surface area contributed by atoms with Crippen molar-refractivity contribution in [1.29, 1.82) is 0 Å². The molecule has 3 rings (SSSR count). The van der Waals surface area contributed by atoms with Gasteiger partial charge in [-0.3, -0.25) is 4.79 Å². The number of halogens is 2. The molecule has 0 saturated carbocycles. The van der Waals surface area contributed by atoms with Gasteiger partial charge in [-0.1, -0.05) is 16.9 Å². The number of nitrogens with one attached hydrogen (secondary N) is 1. The summed E-state index contributed by atoms with van der Waals surface area (Å²) in [6, 6.07) is 10.3. The molecule has 8 nitrogen and oxygen atoms in total. The number of alkyl halides is 2. The molecular weight excluding hydrogens is 432 g/mol. The van der Waals surface area contributed by atoms with Crippen molar-refractivity contribution in [2.45, 2.75) is 24.3 Å². The van der Waals surface area contributed by atoms with E-state index in [2.05, 4.69) is 20.2 Å². The number of ether oxygens (including phenoxy) is 2. The minimum absolute atomic E-state index is 0.0400. The van der Waals surface area contributed by atoms with Crippen LogP contribution in [-0.2, 0) is 15.3 Å². The van der Waals surface area contributed by atoms with Gasteiger partial charge in [0.2, 0.25) is 0 Å². The molecule has 0 spiro atoms. The highest BCUT2D eigenvalue weighted by molar-refractivity contribution is 7.98. The van der Waals surface area contributed by atoms with Crippen LogP contribution < -0.4 is 10.1 Å². The molecule has 1 amide bonds. The minimum Gasteiger partial charge on any atom is -0.452 e. The van der Waals surface area contributed by atoms with Crippen LogP contribution in [0.5, 0.6) is 5.75 Å². The molecule has 2 aromatic heterocycles. The molecule has 0 fully saturated rings. The Hall–Kier alpha value is -3.47. The molecule has 0 aliphatic carbocycles. The Bertz CT molecular complexity index is 1040. The van der Waals surface area contributed by atoms with Gasteiger partial charge in [-0.25, -0.2) is 9.78 Å². The van der Waals surface area contributed by atoms with Crippen LogP contribution in [0.25, 0.3) is 0 Å². The molecule has 11 heteroatoms.